The fourth-order valence-corrected chi connectivity index (χ4v) is 2.38. The van der Waals surface area contributed by atoms with Gasteiger partial charge in [-0.25, -0.2) is 4.39 Å². The quantitative estimate of drug-likeness (QED) is 0.554. The topological polar surface area (TPSA) is 86.3 Å². The van der Waals surface area contributed by atoms with Gasteiger partial charge in [-0.15, -0.1) is 0 Å². The second-order valence-corrected chi connectivity index (χ2v) is 7.07. The summed E-state index contributed by atoms with van der Waals surface area (Å²) in [5, 5.41) is 27.9. The molecule has 8 heteroatoms. The largest absolute Gasteiger partial charge is 0.490 e. The zero-order valence-corrected chi connectivity index (χ0v) is 18.3. The Morgan fingerprint density at radius 1 is 0.900 bits per heavy atom. The highest BCUT2D eigenvalue weighted by Crippen LogP contribution is 2.23. The highest BCUT2D eigenvalue weighted by atomic mass is 35.5. The van der Waals surface area contributed by atoms with Gasteiger partial charge in [-0.1, -0.05) is 37.0 Å². The molecule has 2 aromatic rings. The Hall–Kier alpha value is -2.51. The van der Waals surface area contributed by atoms with Crippen molar-refractivity contribution in [1.29, 1.82) is 10.5 Å². The maximum absolute atomic E-state index is 12.9. The van der Waals surface area contributed by atoms with Crippen molar-refractivity contribution in [2.75, 3.05) is 13.2 Å². The number of aliphatic hydroxyl groups excluding tert-OH is 1. The lowest BCUT2D eigenvalue weighted by Crippen LogP contribution is -2.16. The van der Waals surface area contributed by atoms with E-state index in [-0.39, 0.29) is 13.2 Å². The van der Waals surface area contributed by atoms with Crippen LogP contribution in [0.3, 0.4) is 0 Å². The van der Waals surface area contributed by atoms with Gasteiger partial charge in [-0.3, -0.25) is 0 Å². The first-order valence-corrected chi connectivity index (χ1v) is 10.1. The van der Waals surface area contributed by atoms with Crippen LogP contribution in [0.25, 0.3) is 0 Å². The monoisotopic (exact) mass is 452 g/mol. The number of ether oxygens (including phenoxy) is 2. The Morgan fingerprint density at radius 2 is 1.37 bits per heavy atom. The standard InChI is InChI=1S/C11H11ClFNO.C11H12ClNO2/c1-2-10(13)7-15-11-4-3-9(12)5-8(11)6-14;1-2-10(14)7-15-11-4-3-9(12)5-8(11)6-13/h3-5,10H,2,7H2,1H3;3-5,10,14H,2,7H2,1H3/t2*10-/m01/s1. The molecule has 0 saturated heterocycles. The van der Waals surface area contributed by atoms with E-state index in [1.54, 1.807) is 31.2 Å². The summed E-state index contributed by atoms with van der Waals surface area (Å²) >= 11 is 11.4. The molecular formula is C22H23Cl2FN2O3. The van der Waals surface area contributed by atoms with E-state index in [1.807, 2.05) is 19.1 Å². The molecule has 0 aliphatic rings. The van der Waals surface area contributed by atoms with Crippen LogP contribution in [0.1, 0.15) is 37.8 Å². The molecule has 0 heterocycles. The van der Waals surface area contributed by atoms with Crippen LogP contribution in [0.2, 0.25) is 10.0 Å². The number of aliphatic hydroxyl groups is 1. The molecule has 0 aliphatic carbocycles. The predicted octanol–water partition coefficient (Wildman–Crippen LogP) is 5.70. The molecule has 2 rings (SSSR count). The fraction of sp³-hybridized carbons (Fsp3) is 0.364. The van der Waals surface area contributed by atoms with Gasteiger partial charge in [0.1, 0.15) is 43.0 Å². The minimum Gasteiger partial charge on any atom is -0.490 e. The smallest absolute Gasteiger partial charge is 0.137 e. The molecule has 2 atom stereocenters. The van der Waals surface area contributed by atoms with Crippen molar-refractivity contribution in [2.45, 2.75) is 39.0 Å². The number of halogens is 3. The Labute approximate surface area is 186 Å². The minimum atomic E-state index is -1.01. The Balaban J connectivity index is 0.000000300. The highest BCUT2D eigenvalue weighted by molar-refractivity contribution is 6.31. The third kappa shape index (κ3) is 8.88. The maximum Gasteiger partial charge on any atom is 0.137 e. The second kappa shape index (κ2) is 13.7. The van der Waals surface area contributed by atoms with E-state index in [2.05, 4.69) is 0 Å². The first-order chi connectivity index (χ1) is 14.3. The summed E-state index contributed by atoms with van der Waals surface area (Å²) in [7, 11) is 0. The Kier molecular flexibility index (Phi) is 11.6. The first kappa shape index (κ1) is 25.5. The van der Waals surface area contributed by atoms with Gasteiger partial charge in [0.15, 0.2) is 0 Å². The molecule has 1 N–H and O–H groups in total. The third-order valence-corrected chi connectivity index (χ3v) is 4.36. The average Bonchev–Trinajstić information content (AvgIpc) is 2.76. The van der Waals surface area contributed by atoms with Crippen LogP contribution in [0.5, 0.6) is 11.5 Å². The van der Waals surface area contributed by atoms with Crippen LogP contribution >= 0.6 is 23.2 Å². The number of hydrogen-bond acceptors (Lipinski definition) is 5. The second-order valence-electron chi connectivity index (χ2n) is 6.19. The number of nitrogens with zero attached hydrogens (tertiary/aromatic N) is 2. The molecule has 30 heavy (non-hydrogen) atoms. The summed E-state index contributed by atoms with van der Waals surface area (Å²) in [4.78, 5) is 0. The number of hydrogen-bond donors (Lipinski definition) is 1. The van der Waals surface area contributed by atoms with Crippen LogP contribution in [0.4, 0.5) is 4.39 Å². The van der Waals surface area contributed by atoms with Gasteiger partial charge >= 0.3 is 0 Å². The fourth-order valence-electron chi connectivity index (χ4n) is 2.03. The third-order valence-electron chi connectivity index (χ3n) is 3.89. The zero-order chi connectivity index (χ0) is 22.5. The summed E-state index contributed by atoms with van der Waals surface area (Å²) < 4.78 is 23.4. The van der Waals surface area contributed by atoms with E-state index >= 15 is 0 Å². The lowest BCUT2D eigenvalue weighted by molar-refractivity contribution is 0.104. The van der Waals surface area contributed by atoms with Crippen LogP contribution < -0.4 is 9.47 Å². The zero-order valence-electron chi connectivity index (χ0n) is 16.7. The summed E-state index contributed by atoms with van der Waals surface area (Å²) in [5.74, 6) is 0.826. The van der Waals surface area contributed by atoms with Gasteiger partial charge in [0.2, 0.25) is 0 Å². The van der Waals surface area contributed by atoms with Crippen molar-refractivity contribution in [3.05, 3.63) is 57.6 Å². The van der Waals surface area contributed by atoms with Crippen molar-refractivity contribution in [3.8, 4) is 23.6 Å². The molecule has 0 saturated carbocycles. The molecule has 0 unspecified atom stereocenters. The summed E-state index contributed by atoms with van der Waals surface area (Å²) in [5.41, 5.74) is 0.705. The van der Waals surface area contributed by atoms with Crippen LogP contribution in [-0.4, -0.2) is 30.6 Å². The number of rotatable bonds is 8. The molecule has 2 aromatic carbocycles. The van der Waals surface area contributed by atoms with Crippen LogP contribution in [0, 0.1) is 22.7 Å². The molecule has 0 bridgehead atoms. The van der Waals surface area contributed by atoms with E-state index in [4.69, 9.17) is 43.2 Å². The van der Waals surface area contributed by atoms with Gasteiger partial charge in [0.25, 0.3) is 0 Å². The molecule has 0 amide bonds. The Morgan fingerprint density at radius 3 is 1.77 bits per heavy atom. The molecule has 5 nitrogen and oxygen atoms in total. The summed E-state index contributed by atoms with van der Waals surface area (Å²) in [6, 6.07) is 13.4. The average molecular weight is 453 g/mol. The van der Waals surface area contributed by atoms with Gasteiger partial charge in [0.05, 0.1) is 17.2 Å². The molecule has 0 fully saturated rings. The Bertz CT molecular complexity index is 823. The predicted molar refractivity (Wildman–Crippen MR) is 115 cm³/mol. The lowest BCUT2D eigenvalue weighted by Gasteiger charge is -2.11. The molecule has 0 spiro atoms. The number of alkyl halides is 1. The van der Waals surface area contributed by atoms with Crippen molar-refractivity contribution < 1.29 is 19.0 Å². The lowest BCUT2D eigenvalue weighted by atomic mass is 10.2. The van der Waals surface area contributed by atoms with E-state index in [1.165, 1.54) is 12.1 Å². The SMILES string of the molecule is CC[C@@H](O)COc1ccc(Cl)cc1C#N.CC[C@H](F)COc1ccc(Cl)cc1C#N. The van der Waals surface area contributed by atoms with E-state index in [0.29, 0.717) is 45.5 Å². The number of nitriles is 2. The van der Waals surface area contributed by atoms with Gasteiger partial charge in [0, 0.05) is 10.0 Å². The van der Waals surface area contributed by atoms with E-state index in [0.717, 1.165) is 0 Å². The highest BCUT2D eigenvalue weighted by Gasteiger charge is 2.08. The van der Waals surface area contributed by atoms with Crippen molar-refractivity contribution in [2.24, 2.45) is 0 Å². The van der Waals surface area contributed by atoms with E-state index < -0.39 is 12.3 Å². The van der Waals surface area contributed by atoms with Crippen LogP contribution in [0.15, 0.2) is 36.4 Å². The first-order valence-electron chi connectivity index (χ1n) is 9.31. The van der Waals surface area contributed by atoms with Gasteiger partial charge in [-0.05, 0) is 49.2 Å². The maximum atomic E-state index is 12.9. The summed E-state index contributed by atoms with van der Waals surface area (Å²) in [6.07, 6.45) is -0.496. The van der Waals surface area contributed by atoms with Gasteiger partial charge < -0.3 is 14.6 Å². The number of benzene rings is 2. The van der Waals surface area contributed by atoms with Crippen molar-refractivity contribution >= 4 is 23.2 Å². The molecule has 0 radical (unpaired) electrons. The van der Waals surface area contributed by atoms with Crippen molar-refractivity contribution in [3.63, 3.8) is 0 Å². The minimum absolute atomic E-state index is 0.0349. The normalized spacial score (nSPS) is 11.9. The van der Waals surface area contributed by atoms with Crippen molar-refractivity contribution in [1.82, 2.24) is 0 Å². The molecule has 0 aliphatic heterocycles. The van der Waals surface area contributed by atoms with Gasteiger partial charge in [-0.2, -0.15) is 10.5 Å². The van der Waals surface area contributed by atoms with E-state index in [9.17, 15) is 9.50 Å². The summed E-state index contributed by atoms with van der Waals surface area (Å²) in [6.45, 7) is 3.75. The molecule has 160 valence electrons. The van der Waals surface area contributed by atoms with Crippen LogP contribution in [-0.2, 0) is 0 Å². The molecule has 0 aromatic heterocycles. The molecular weight excluding hydrogens is 430 g/mol.